The van der Waals surface area contributed by atoms with Crippen LogP contribution in [0.5, 0.6) is 0 Å². The number of hydrogen-bond acceptors (Lipinski definition) is 2. The van der Waals surface area contributed by atoms with Crippen molar-refractivity contribution < 1.29 is 4.74 Å². The molecule has 0 bridgehead atoms. The first kappa shape index (κ1) is 12.7. The van der Waals surface area contributed by atoms with Crippen molar-refractivity contribution >= 4 is 17.4 Å². The van der Waals surface area contributed by atoms with E-state index in [2.05, 4.69) is 25.7 Å². The van der Waals surface area contributed by atoms with Crippen LogP contribution in [0, 0.1) is 0 Å². The predicted molar refractivity (Wildman–Crippen MR) is 61.0 cm³/mol. The Balaban J connectivity index is 3.80. The molecule has 3 heteroatoms. The van der Waals surface area contributed by atoms with E-state index < -0.39 is 0 Å². The highest BCUT2D eigenvalue weighted by molar-refractivity contribution is 7.80. The van der Waals surface area contributed by atoms with Crippen LogP contribution in [0.1, 0.15) is 40.0 Å². The van der Waals surface area contributed by atoms with E-state index in [0.29, 0.717) is 5.17 Å². The summed E-state index contributed by atoms with van der Waals surface area (Å²) in [6.45, 7) is 9.17. The van der Waals surface area contributed by atoms with Crippen LogP contribution in [0.4, 0.5) is 0 Å². The van der Waals surface area contributed by atoms with Crippen LogP contribution < -0.4 is 0 Å². The summed E-state index contributed by atoms with van der Waals surface area (Å²) < 4.78 is 5.42. The molecule has 0 atom stereocenters. The average Bonchev–Trinajstić information content (AvgIpc) is 2.14. The summed E-state index contributed by atoms with van der Waals surface area (Å²) in [4.78, 5) is 2.14. The molecule has 0 aliphatic rings. The molecule has 0 fully saturated rings. The van der Waals surface area contributed by atoms with Crippen molar-refractivity contribution in [2.75, 3.05) is 19.7 Å². The summed E-state index contributed by atoms with van der Waals surface area (Å²) in [5.41, 5.74) is 0. The zero-order valence-electron chi connectivity index (χ0n) is 9.01. The summed E-state index contributed by atoms with van der Waals surface area (Å²) in [6.07, 6.45) is 3.26. The molecule has 0 rings (SSSR count). The molecule has 0 aromatic heterocycles. The van der Waals surface area contributed by atoms with E-state index in [1.54, 1.807) is 0 Å². The summed E-state index contributed by atoms with van der Waals surface area (Å²) >= 11 is 5.18. The molecule has 0 radical (unpaired) electrons. The summed E-state index contributed by atoms with van der Waals surface area (Å²) in [6, 6.07) is 0. The fourth-order valence-corrected chi connectivity index (χ4v) is 1.38. The zero-order chi connectivity index (χ0) is 10.1. The van der Waals surface area contributed by atoms with E-state index in [1.165, 1.54) is 0 Å². The van der Waals surface area contributed by atoms with Crippen molar-refractivity contribution in [3.05, 3.63) is 0 Å². The normalized spacial score (nSPS) is 9.77. The van der Waals surface area contributed by atoms with Crippen molar-refractivity contribution in [2.24, 2.45) is 0 Å². The first-order chi connectivity index (χ1) is 6.26. The lowest BCUT2D eigenvalue weighted by molar-refractivity contribution is 0.241. The summed E-state index contributed by atoms with van der Waals surface area (Å²) in [5, 5.41) is 0.672. The van der Waals surface area contributed by atoms with Gasteiger partial charge in [-0.05, 0) is 31.5 Å². The van der Waals surface area contributed by atoms with Crippen LogP contribution in [0.2, 0.25) is 0 Å². The first-order valence-electron chi connectivity index (χ1n) is 5.17. The topological polar surface area (TPSA) is 12.5 Å². The first-order valence-corrected chi connectivity index (χ1v) is 5.58. The van der Waals surface area contributed by atoms with Gasteiger partial charge >= 0.3 is 0 Å². The van der Waals surface area contributed by atoms with Gasteiger partial charge < -0.3 is 9.64 Å². The molecule has 0 saturated carbocycles. The molecule has 78 valence electrons. The monoisotopic (exact) mass is 203 g/mol. The van der Waals surface area contributed by atoms with Gasteiger partial charge in [-0.15, -0.1) is 0 Å². The second-order valence-electron chi connectivity index (χ2n) is 3.10. The molecule has 0 saturated heterocycles. The molecule has 0 unspecified atom stereocenters. The molecule has 0 aliphatic heterocycles. The molecule has 0 N–H and O–H groups in total. The van der Waals surface area contributed by atoms with Gasteiger partial charge in [-0.25, -0.2) is 0 Å². The fourth-order valence-electron chi connectivity index (χ4n) is 1.11. The van der Waals surface area contributed by atoms with E-state index >= 15 is 0 Å². The van der Waals surface area contributed by atoms with Gasteiger partial charge in [-0.3, -0.25) is 0 Å². The van der Waals surface area contributed by atoms with E-state index in [0.717, 1.165) is 39.0 Å². The Morgan fingerprint density at radius 3 is 2.00 bits per heavy atom. The molecule has 13 heavy (non-hydrogen) atoms. The SMILES string of the molecule is CCCOC(=S)N(CCC)CCC. The van der Waals surface area contributed by atoms with Crippen molar-refractivity contribution in [1.29, 1.82) is 0 Å². The van der Waals surface area contributed by atoms with Gasteiger partial charge in [-0.2, -0.15) is 0 Å². The maximum Gasteiger partial charge on any atom is 0.259 e. The number of nitrogens with zero attached hydrogens (tertiary/aromatic N) is 1. The van der Waals surface area contributed by atoms with Crippen LogP contribution in [0.3, 0.4) is 0 Å². The van der Waals surface area contributed by atoms with Crippen molar-refractivity contribution in [3.63, 3.8) is 0 Å². The van der Waals surface area contributed by atoms with Crippen LogP contribution in [-0.2, 0) is 4.74 Å². The van der Waals surface area contributed by atoms with Crippen molar-refractivity contribution in [2.45, 2.75) is 40.0 Å². The number of rotatable bonds is 6. The Labute approximate surface area is 87.3 Å². The van der Waals surface area contributed by atoms with Crippen LogP contribution >= 0.6 is 12.2 Å². The second-order valence-corrected chi connectivity index (χ2v) is 3.45. The van der Waals surface area contributed by atoms with Crippen LogP contribution in [0.25, 0.3) is 0 Å². The van der Waals surface area contributed by atoms with Gasteiger partial charge in [-0.1, -0.05) is 20.8 Å². The molecule has 0 aliphatic carbocycles. The van der Waals surface area contributed by atoms with E-state index in [9.17, 15) is 0 Å². The minimum Gasteiger partial charge on any atom is -0.471 e. The highest BCUT2D eigenvalue weighted by atomic mass is 32.1. The Bertz CT molecular complexity index is 133. The van der Waals surface area contributed by atoms with E-state index in [-0.39, 0.29) is 0 Å². The molecule has 0 amide bonds. The number of thiocarbonyl (C=S) groups is 1. The molecular weight excluding hydrogens is 182 g/mol. The molecule has 0 heterocycles. The van der Waals surface area contributed by atoms with Crippen molar-refractivity contribution in [1.82, 2.24) is 4.90 Å². The van der Waals surface area contributed by atoms with E-state index in [1.807, 2.05) is 0 Å². The van der Waals surface area contributed by atoms with Gasteiger partial charge in [0, 0.05) is 13.1 Å². The van der Waals surface area contributed by atoms with Crippen molar-refractivity contribution in [3.8, 4) is 0 Å². The molecule has 0 aromatic rings. The fraction of sp³-hybridized carbons (Fsp3) is 0.900. The zero-order valence-corrected chi connectivity index (χ0v) is 9.82. The van der Waals surface area contributed by atoms with E-state index in [4.69, 9.17) is 17.0 Å². The molecule has 0 spiro atoms. The van der Waals surface area contributed by atoms with Gasteiger partial charge in [0.2, 0.25) is 0 Å². The Morgan fingerprint density at radius 2 is 1.62 bits per heavy atom. The standard InChI is InChI=1S/C10H21NOS/c1-4-7-11(8-5-2)10(13)12-9-6-3/h4-9H2,1-3H3. The third-order valence-electron chi connectivity index (χ3n) is 1.67. The lowest BCUT2D eigenvalue weighted by Gasteiger charge is -2.23. The molecule has 0 aromatic carbocycles. The van der Waals surface area contributed by atoms with Gasteiger partial charge in [0.15, 0.2) is 0 Å². The maximum absolute atomic E-state index is 5.42. The van der Waals surface area contributed by atoms with Gasteiger partial charge in [0.1, 0.15) is 0 Å². The summed E-state index contributed by atoms with van der Waals surface area (Å²) in [5.74, 6) is 0. The lowest BCUT2D eigenvalue weighted by Crippen LogP contribution is -2.32. The minimum atomic E-state index is 0.672. The third-order valence-corrected chi connectivity index (χ3v) is 2.05. The highest BCUT2D eigenvalue weighted by Crippen LogP contribution is 1.99. The van der Waals surface area contributed by atoms with Gasteiger partial charge in [0.05, 0.1) is 6.61 Å². The quantitative estimate of drug-likeness (QED) is 0.616. The number of ether oxygens (including phenoxy) is 1. The summed E-state index contributed by atoms with van der Waals surface area (Å²) in [7, 11) is 0. The molecule has 2 nitrogen and oxygen atoms in total. The maximum atomic E-state index is 5.42. The highest BCUT2D eigenvalue weighted by Gasteiger charge is 2.07. The Morgan fingerprint density at radius 1 is 1.08 bits per heavy atom. The Hall–Kier alpha value is -0.310. The minimum absolute atomic E-state index is 0.672. The van der Waals surface area contributed by atoms with Gasteiger partial charge in [0.25, 0.3) is 5.17 Å². The Kier molecular flexibility index (Phi) is 8.10. The smallest absolute Gasteiger partial charge is 0.259 e. The second kappa shape index (κ2) is 8.30. The molecular formula is C10H21NOS. The largest absolute Gasteiger partial charge is 0.471 e. The van der Waals surface area contributed by atoms with Crippen LogP contribution in [0.15, 0.2) is 0 Å². The third kappa shape index (κ3) is 5.86. The average molecular weight is 203 g/mol. The number of hydrogen-bond donors (Lipinski definition) is 0. The van der Waals surface area contributed by atoms with Crippen LogP contribution in [-0.4, -0.2) is 29.8 Å². The lowest BCUT2D eigenvalue weighted by atomic mass is 10.4. The predicted octanol–water partition coefficient (Wildman–Crippen LogP) is 2.82.